The summed E-state index contributed by atoms with van der Waals surface area (Å²) in [6, 6.07) is 5.50. The summed E-state index contributed by atoms with van der Waals surface area (Å²) in [5.41, 5.74) is 2.68. The Morgan fingerprint density at radius 3 is 3.04 bits per heavy atom. The summed E-state index contributed by atoms with van der Waals surface area (Å²) in [6.07, 6.45) is 4.41. The molecule has 5 heterocycles. The first-order valence-corrected chi connectivity index (χ1v) is 10.7. The Kier molecular flexibility index (Phi) is 3.46. The minimum Gasteiger partial charge on any atom is -0.346 e. The van der Waals surface area contributed by atoms with Crippen molar-refractivity contribution in [3.63, 3.8) is 0 Å². The zero-order chi connectivity index (χ0) is 17.9. The molecule has 5 rings (SSSR count). The third kappa shape index (κ3) is 2.24. The number of hydrogen-bond acceptors (Lipinski definition) is 5. The van der Waals surface area contributed by atoms with Crippen LogP contribution in [0.25, 0.3) is 22.1 Å². The van der Waals surface area contributed by atoms with E-state index < -0.39 is 10.0 Å². The Hall–Kier alpha value is -2.23. The highest BCUT2D eigenvalue weighted by Gasteiger charge is 2.35. The number of aryl methyl sites for hydroxylation is 1. The molecule has 7 nitrogen and oxygen atoms in total. The van der Waals surface area contributed by atoms with Crippen molar-refractivity contribution in [1.29, 1.82) is 0 Å². The molecule has 4 aromatic heterocycles. The van der Waals surface area contributed by atoms with Gasteiger partial charge in [-0.25, -0.2) is 18.4 Å². The van der Waals surface area contributed by atoms with Gasteiger partial charge in [0.1, 0.15) is 21.2 Å². The van der Waals surface area contributed by atoms with E-state index in [1.807, 2.05) is 19.2 Å². The molecule has 134 valence electrons. The lowest BCUT2D eigenvalue weighted by Crippen LogP contribution is -2.28. The van der Waals surface area contributed by atoms with Gasteiger partial charge in [0.25, 0.3) is 10.0 Å². The largest absolute Gasteiger partial charge is 0.346 e. The van der Waals surface area contributed by atoms with Gasteiger partial charge in [-0.2, -0.15) is 4.31 Å². The lowest BCUT2D eigenvalue weighted by molar-refractivity contribution is 0.454. The molecule has 1 unspecified atom stereocenters. The third-order valence-corrected chi connectivity index (χ3v) is 8.23. The minimum absolute atomic E-state index is 0.0650. The molecule has 0 aromatic carbocycles. The van der Waals surface area contributed by atoms with E-state index >= 15 is 0 Å². The van der Waals surface area contributed by atoms with Crippen LogP contribution in [0.2, 0.25) is 0 Å². The van der Waals surface area contributed by atoms with Gasteiger partial charge >= 0.3 is 0 Å². The van der Waals surface area contributed by atoms with Crippen molar-refractivity contribution in [2.75, 3.05) is 13.1 Å². The number of aromatic nitrogens is 4. The van der Waals surface area contributed by atoms with Crippen molar-refractivity contribution in [3.05, 3.63) is 41.8 Å². The summed E-state index contributed by atoms with van der Waals surface area (Å²) in [5, 5.41) is 2.81. The number of pyridine rings is 1. The molecule has 0 bridgehead atoms. The van der Waals surface area contributed by atoms with Crippen molar-refractivity contribution in [2.24, 2.45) is 0 Å². The van der Waals surface area contributed by atoms with E-state index in [9.17, 15) is 8.42 Å². The molecule has 0 aliphatic carbocycles. The molecule has 0 spiro atoms. The average molecular weight is 387 g/mol. The highest BCUT2D eigenvalue weighted by atomic mass is 32.2. The van der Waals surface area contributed by atoms with E-state index in [1.165, 1.54) is 11.3 Å². The SMILES string of the molecule is Cc1nc2cnc3[nH]ccc3c2n1C1CCN(S(=O)(=O)c2cccs2)C1. The van der Waals surface area contributed by atoms with E-state index in [0.717, 1.165) is 34.3 Å². The van der Waals surface area contributed by atoms with Crippen molar-refractivity contribution in [1.82, 2.24) is 23.8 Å². The predicted octanol–water partition coefficient (Wildman–Crippen LogP) is 2.92. The second kappa shape index (κ2) is 5.63. The molecule has 1 saturated heterocycles. The summed E-state index contributed by atoms with van der Waals surface area (Å²) in [5.74, 6) is 0.885. The number of sulfonamides is 1. The lowest BCUT2D eigenvalue weighted by Gasteiger charge is -2.18. The van der Waals surface area contributed by atoms with Crippen LogP contribution in [0.4, 0.5) is 0 Å². The van der Waals surface area contributed by atoms with Crippen molar-refractivity contribution in [2.45, 2.75) is 23.6 Å². The molecule has 1 N–H and O–H groups in total. The van der Waals surface area contributed by atoms with Gasteiger partial charge < -0.3 is 9.55 Å². The third-order valence-electron chi connectivity index (χ3n) is 4.99. The molecule has 0 amide bonds. The molecular weight excluding hydrogens is 370 g/mol. The van der Waals surface area contributed by atoms with Crippen molar-refractivity contribution < 1.29 is 8.42 Å². The molecule has 26 heavy (non-hydrogen) atoms. The normalized spacial score (nSPS) is 19.0. The van der Waals surface area contributed by atoms with E-state index in [2.05, 4.69) is 19.5 Å². The van der Waals surface area contributed by atoms with E-state index in [4.69, 9.17) is 0 Å². The van der Waals surface area contributed by atoms with Gasteiger partial charge in [0.05, 0.1) is 17.8 Å². The Bertz CT molecular complexity index is 1210. The first kappa shape index (κ1) is 16.0. The zero-order valence-corrected chi connectivity index (χ0v) is 15.7. The molecule has 0 radical (unpaired) electrons. The smallest absolute Gasteiger partial charge is 0.252 e. The molecule has 1 aliphatic rings. The fourth-order valence-corrected chi connectivity index (χ4v) is 6.47. The van der Waals surface area contributed by atoms with Gasteiger partial charge in [-0.3, -0.25) is 0 Å². The van der Waals surface area contributed by atoms with Crippen molar-refractivity contribution >= 4 is 43.4 Å². The zero-order valence-electron chi connectivity index (χ0n) is 14.1. The summed E-state index contributed by atoms with van der Waals surface area (Å²) in [6.45, 7) is 2.95. The maximum Gasteiger partial charge on any atom is 0.252 e. The number of H-pyrrole nitrogens is 1. The van der Waals surface area contributed by atoms with Crippen LogP contribution in [0.5, 0.6) is 0 Å². The first-order chi connectivity index (χ1) is 12.6. The number of imidazole rings is 1. The minimum atomic E-state index is -3.42. The molecule has 0 saturated carbocycles. The Morgan fingerprint density at radius 1 is 1.35 bits per heavy atom. The fraction of sp³-hybridized carbons (Fsp3) is 0.294. The van der Waals surface area contributed by atoms with E-state index in [0.29, 0.717) is 17.3 Å². The standard InChI is InChI=1S/C17H17N5O2S2/c1-11-20-14-9-19-17-13(4-6-18-17)16(14)22(11)12-5-7-21(10-12)26(23,24)15-3-2-8-25-15/h2-4,6,8-9,12H,5,7,10H2,1H3,(H,18,19). The van der Waals surface area contributed by atoms with Gasteiger partial charge in [0.15, 0.2) is 0 Å². The van der Waals surface area contributed by atoms with Crippen LogP contribution in [0.3, 0.4) is 0 Å². The quantitative estimate of drug-likeness (QED) is 0.586. The Morgan fingerprint density at radius 2 is 2.23 bits per heavy atom. The van der Waals surface area contributed by atoms with Crippen LogP contribution in [0.15, 0.2) is 40.2 Å². The lowest BCUT2D eigenvalue weighted by atomic mass is 10.2. The van der Waals surface area contributed by atoms with Crippen LogP contribution in [-0.4, -0.2) is 45.3 Å². The number of hydrogen-bond donors (Lipinski definition) is 1. The van der Waals surface area contributed by atoms with Crippen LogP contribution in [0.1, 0.15) is 18.3 Å². The number of aromatic amines is 1. The molecular formula is C17H17N5O2S2. The fourth-order valence-electron chi connectivity index (χ4n) is 3.83. The molecule has 1 aliphatic heterocycles. The molecule has 9 heteroatoms. The van der Waals surface area contributed by atoms with E-state index in [1.54, 1.807) is 28.0 Å². The summed E-state index contributed by atoms with van der Waals surface area (Å²) in [7, 11) is -3.42. The number of rotatable bonds is 3. The monoisotopic (exact) mass is 387 g/mol. The summed E-state index contributed by atoms with van der Waals surface area (Å²) < 4.78 is 29.8. The first-order valence-electron chi connectivity index (χ1n) is 8.40. The number of nitrogens with zero attached hydrogens (tertiary/aromatic N) is 4. The van der Waals surface area contributed by atoms with E-state index in [-0.39, 0.29) is 6.04 Å². The van der Waals surface area contributed by atoms with Gasteiger partial charge in [0, 0.05) is 24.7 Å². The maximum atomic E-state index is 12.8. The average Bonchev–Trinajstić information content (AvgIpc) is 3.38. The predicted molar refractivity (Wildman–Crippen MR) is 101 cm³/mol. The second-order valence-electron chi connectivity index (χ2n) is 6.50. The topological polar surface area (TPSA) is 83.9 Å². The van der Waals surface area contributed by atoms with Gasteiger partial charge in [-0.05, 0) is 30.9 Å². The van der Waals surface area contributed by atoms with Crippen molar-refractivity contribution in [3.8, 4) is 0 Å². The highest BCUT2D eigenvalue weighted by Crippen LogP contribution is 2.34. The molecule has 1 fully saturated rings. The van der Waals surface area contributed by atoms with Crippen LogP contribution < -0.4 is 0 Å². The van der Waals surface area contributed by atoms with Gasteiger partial charge in [-0.1, -0.05) is 6.07 Å². The number of fused-ring (bicyclic) bond motifs is 3. The van der Waals surface area contributed by atoms with Crippen LogP contribution in [0, 0.1) is 6.92 Å². The molecule has 4 aromatic rings. The Balaban J connectivity index is 1.58. The number of thiophene rings is 1. The number of nitrogens with one attached hydrogen (secondary N) is 1. The maximum absolute atomic E-state index is 12.8. The molecule has 1 atom stereocenters. The second-order valence-corrected chi connectivity index (χ2v) is 9.61. The van der Waals surface area contributed by atoms with Gasteiger partial charge in [0.2, 0.25) is 0 Å². The highest BCUT2D eigenvalue weighted by molar-refractivity contribution is 7.91. The Labute approximate surface area is 154 Å². The summed E-state index contributed by atoms with van der Waals surface area (Å²) in [4.78, 5) is 12.2. The van der Waals surface area contributed by atoms with Gasteiger partial charge in [-0.15, -0.1) is 11.3 Å². The van der Waals surface area contributed by atoms with Crippen LogP contribution >= 0.6 is 11.3 Å². The summed E-state index contributed by atoms with van der Waals surface area (Å²) >= 11 is 1.26. The van der Waals surface area contributed by atoms with Crippen LogP contribution in [-0.2, 0) is 10.0 Å².